The van der Waals surface area contributed by atoms with Crippen LogP contribution in [0.3, 0.4) is 0 Å². The summed E-state index contributed by atoms with van der Waals surface area (Å²) in [4.78, 5) is 17.5. The fourth-order valence-corrected chi connectivity index (χ4v) is 5.33. The van der Waals surface area contributed by atoms with E-state index in [0.29, 0.717) is 19.9 Å². The van der Waals surface area contributed by atoms with Gasteiger partial charge in [0.25, 0.3) is 0 Å². The molecule has 3 fully saturated rings. The van der Waals surface area contributed by atoms with Crippen molar-refractivity contribution in [2.45, 2.75) is 37.0 Å². The van der Waals surface area contributed by atoms with Crippen LogP contribution in [-0.4, -0.2) is 55.9 Å². The van der Waals surface area contributed by atoms with Gasteiger partial charge in [0.1, 0.15) is 11.4 Å². The number of nitrogens with zero attached hydrogens (tertiary/aromatic N) is 2. The molecule has 1 amide bonds. The van der Waals surface area contributed by atoms with Crippen LogP contribution in [0.2, 0.25) is 0 Å². The quantitative estimate of drug-likeness (QED) is 0.749. The topological polar surface area (TPSA) is 54.0 Å². The van der Waals surface area contributed by atoms with Crippen molar-refractivity contribution < 1.29 is 18.7 Å². The van der Waals surface area contributed by atoms with E-state index >= 15 is 0 Å². The van der Waals surface area contributed by atoms with Crippen molar-refractivity contribution in [3.8, 4) is 0 Å². The number of rotatable bonds is 6. The first kappa shape index (κ1) is 21.4. The smallest absolute Gasteiger partial charge is 0.247 e. The molecule has 0 unspecified atom stereocenters. The van der Waals surface area contributed by atoms with Gasteiger partial charge >= 0.3 is 0 Å². The van der Waals surface area contributed by atoms with Gasteiger partial charge in [0.15, 0.2) is 5.79 Å². The summed E-state index contributed by atoms with van der Waals surface area (Å²) in [5.41, 5.74) is 1.51. The highest BCUT2D eigenvalue weighted by molar-refractivity contribution is 5.93. The highest BCUT2D eigenvalue weighted by atomic mass is 19.1. The highest BCUT2D eigenvalue weighted by Gasteiger charge is 2.50. The fraction of sp³-hybridized carbons (Fsp3) is 0.480. The second-order valence-corrected chi connectivity index (χ2v) is 8.86. The van der Waals surface area contributed by atoms with Crippen molar-refractivity contribution in [3.05, 3.63) is 66.0 Å². The molecule has 1 spiro atoms. The van der Waals surface area contributed by atoms with E-state index in [1.165, 1.54) is 12.1 Å². The minimum absolute atomic E-state index is 0.143. The summed E-state index contributed by atoms with van der Waals surface area (Å²) in [5, 5.41) is 3.06. The molecule has 170 valence electrons. The van der Waals surface area contributed by atoms with Crippen molar-refractivity contribution in [1.82, 2.24) is 10.2 Å². The third-order valence-corrected chi connectivity index (χ3v) is 7.11. The SMILES string of the molecule is O=C1NCN(c2ccccc2)C12CCN(CCCC1(c3ccc(F)cc3)OCCO1)CC2. The van der Waals surface area contributed by atoms with E-state index in [-0.39, 0.29) is 11.7 Å². The summed E-state index contributed by atoms with van der Waals surface area (Å²) in [6.07, 6.45) is 3.24. The lowest BCUT2D eigenvalue weighted by Gasteiger charge is -2.43. The molecule has 3 saturated heterocycles. The first-order chi connectivity index (χ1) is 15.6. The molecule has 2 aromatic carbocycles. The normalized spacial score (nSPS) is 22.4. The van der Waals surface area contributed by atoms with E-state index in [0.717, 1.165) is 56.6 Å². The van der Waals surface area contributed by atoms with Gasteiger partial charge < -0.3 is 24.6 Å². The van der Waals surface area contributed by atoms with E-state index in [9.17, 15) is 9.18 Å². The summed E-state index contributed by atoms with van der Waals surface area (Å²) >= 11 is 0. The molecule has 5 rings (SSSR count). The lowest BCUT2D eigenvalue weighted by molar-refractivity contribution is -0.172. The molecule has 1 N–H and O–H groups in total. The average molecular weight is 440 g/mol. The van der Waals surface area contributed by atoms with Gasteiger partial charge in [-0.3, -0.25) is 4.79 Å². The maximum absolute atomic E-state index is 13.4. The van der Waals surface area contributed by atoms with Crippen LogP contribution in [0, 0.1) is 5.82 Å². The number of amides is 1. The summed E-state index contributed by atoms with van der Waals surface area (Å²) < 4.78 is 25.3. The van der Waals surface area contributed by atoms with E-state index in [1.54, 1.807) is 12.1 Å². The summed E-state index contributed by atoms with van der Waals surface area (Å²) in [7, 11) is 0. The molecule has 32 heavy (non-hydrogen) atoms. The number of hydrogen-bond donors (Lipinski definition) is 1. The Bertz CT molecular complexity index is 923. The molecule has 0 aliphatic carbocycles. The number of piperidine rings is 1. The molecular formula is C25H30FN3O3. The Kier molecular flexibility index (Phi) is 5.88. The van der Waals surface area contributed by atoms with E-state index < -0.39 is 11.3 Å². The van der Waals surface area contributed by atoms with Crippen LogP contribution in [0.1, 0.15) is 31.2 Å². The Balaban J connectivity index is 1.19. The Morgan fingerprint density at radius 3 is 2.34 bits per heavy atom. The molecule has 0 aromatic heterocycles. The third-order valence-electron chi connectivity index (χ3n) is 7.11. The monoisotopic (exact) mass is 439 g/mol. The maximum atomic E-state index is 13.4. The van der Waals surface area contributed by atoms with Gasteiger partial charge in [-0.05, 0) is 50.1 Å². The zero-order valence-electron chi connectivity index (χ0n) is 18.3. The van der Waals surface area contributed by atoms with E-state index in [2.05, 4.69) is 27.2 Å². The van der Waals surface area contributed by atoms with Gasteiger partial charge in [-0.1, -0.05) is 30.3 Å². The number of para-hydroxylation sites is 1. The Morgan fingerprint density at radius 2 is 1.66 bits per heavy atom. The molecule has 3 heterocycles. The molecule has 2 aromatic rings. The first-order valence-electron chi connectivity index (χ1n) is 11.5. The number of carbonyl (C=O) groups is 1. The predicted octanol–water partition coefficient (Wildman–Crippen LogP) is 3.23. The van der Waals surface area contributed by atoms with Gasteiger partial charge in [0.05, 0.1) is 19.9 Å². The fourth-order valence-electron chi connectivity index (χ4n) is 5.33. The Labute approximate surface area is 188 Å². The minimum Gasteiger partial charge on any atom is -0.343 e. The lowest BCUT2D eigenvalue weighted by Crippen LogP contribution is -2.56. The van der Waals surface area contributed by atoms with Crippen LogP contribution in [0.15, 0.2) is 54.6 Å². The zero-order valence-corrected chi connectivity index (χ0v) is 18.3. The number of hydrogen-bond acceptors (Lipinski definition) is 5. The van der Waals surface area contributed by atoms with Gasteiger partial charge in [0.2, 0.25) is 5.91 Å². The molecule has 3 aliphatic rings. The Hall–Kier alpha value is -2.48. The molecule has 0 saturated carbocycles. The van der Waals surface area contributed by atoms with Crippen LogP contribution < -0.4 is 10.2 Å². The maximum Gasteiger partial charge on any atom is 0.247 e. The number of benzene rings is 2. The first-order valence-corrected chi connectivity index (χ1v) is 11.5. The summed E-state index contributed by atoms with van der Waals surface area (Å²) in [6.45, 7) is 4.34. The van der Waals surface area contributed by atoms with Crippen molar-refractivity contribution in [1.29, 1.82) is 0 Å². The predicted molar refractivity (Wildman–Crippen MR) is 120 cm³/mol. The second-order valence-electron chi connectivity index (χ2n) is 8.86. The summed E-state index contributed by atoms with van der Waals surface area (Å²) in [6, 6.07) is 16.6. The molecule has 0 radical (unpaired) electrons. The lowest BCUT2D eigenvalue weighted by atomic mass is 9.85. The second kappa shape index (κ2) is 8.81. The number of halogens is 1. The van der Waals surface area contributed by atoms with Gasteiger partial charge in [-0.2, -0.15) is 0 Å². The van der Waals surface area contributed by atoms with E-state index in [1.807, 2.05) is 18.2 Å². The largest absolute Gasteiger partial charge is 0.343 e. The number of nitrogens with one attached hydrogen (secondary N) is 1. The molecule has 7 heteroatoms. The van der Waals surface area contributed by atoms with Gasteiger partial charge in [-0.15, -0.1) is 0 Å². The van der Waals surface area contributed by atoms with E-state index in [4.69, 9.17) is 9.47 Å². The number of ether oxygens (including phenoxy) is 2. The van der Waals surface area contributed by atoms with Crippen LogP contribution in [0.25, 0.3) is 0 Å². The highest BCUT2D eigenvalue weighted by Crippen LogP contribution is 2.38. The van der Waals surface area contributed by atoms with Crippen LogP contribution in [-0.2, 0) is 20.1 Å². The van der Waals surface area contributed by atoms with Crippen molar-refractivity contribution in [2.75, 3.05) is 44.4 Å². The van der Waals surface area contributed by atoms with Crippen LogP contribution >= 0.6 is 0 Å². The zero-order chi connectivity index (χ0) is 22.0. The molecular weight excluding hydrogens is 409 g/mol. The molecule has 6 nitrogen and oxygen atoms in total. The molecule has 0 bridgehead atoms. The average Bonchev–Trinajstić information content (AvgIpc) is 3.42. The standard InChI is InChI=1S/C25H30FN3O3/c26-21-9-7-20(8-10-21)25(31-17-18-32-25)11-4-14-28-15-12-24(13-16-28)23(30)27-19-29(24)22-5-2-1-3-6-22/h1-3,5-10H,4,11-19H2,(H,27,30). The molecule has 3 aliphatic heterocycles. The number of likely N-dealkylation sites (tertiary alicyclic amines) is 1. The Morgan fingerprint density at radius 1 is 0.969 bits per heavy atom. The van der Waals surface area contributed by atoms with Gasteiger partial charge in [-0.25, -0.2) is 4.39 Å². The summed E-state index contributed by atoms with van der Waals surface area (Å²) in [5.74, 6) is -0.895. The third kappa shape index (κ3) is 3.89. The minimum atomic E-state index is -0.778. The van der Waals surface area contributed by atoms with Crippen molar-refractivity contribution in [3.63, 3.8) is 0 Å². The van der Waals surface area contributed by atoms with Crippen molar-refractivity contribution in [2.24, 2.45) is 0 Å². The number of anilines is 1. The van der Waals surface area contributed by atoms with Crippen molar-refractivity contribution >= 4 is 11.6 Å². The van der Waals surface area contributed by atoms with Gasteiger partial charge in [0, 0.05) is 30.8 Å². The van der Waals surface area contributed by atoms with Crippen LogP contribution in [0.5, 0.6) is 0 Å². The number of carbonyl (C=O) groups excluding carboxylic acids is 1. The molecule has 0 atom stereocenters. The van der Waals surface area contributed by atoms with Crippen LogP contribution in [0.4, 0.5) is 10.1 Å².